The Morgan fingerprint density at radius 2 is 1.80 bits per heavy atom. The van der Waals surface area contributed by atoms with Gasteiger partial charge in [0.1, 0.15) is 11.3 Å². The van der Waals surface area contributed by atoms with Crippen molar-refractivity contribution in [2.24, 2.45) is 0 Å². The molecule has 1 fully saturated rings. The number of aromatic nitrogens is 1. The summed E-state index contributed by atoms with van der Waals surface area (Å²) in [4.78, 5) is 38.6. The number of nitrogens with zero attached hydrogens (tertiary/aromatic N) is 2. The van der Waals surface area contributed by atoms with Crippen LogP contribution < -0.4 is 15.0 Å². The summed E-state index contributed by atoms with van der Waals surface area (Å²) in [6, 6.07) is 15.4. The van der Waals surface area contributed by atoms with Crippen LogP contribution in [0.3, 0.4) is 0 Å². The Kier molecular flexibility index (Phi) is 6.52. The molecule has 3 aromatic rings. The molecule has 1 aromatic heterocycles. The summed E-state index contributed by atoms with van der Waals surface area (Å²) in [6.45, 7) is 6.34. The van der Waals surface area contributed by atoms with Gasteiger partial charge in [-0.2, -0.15) is 0 Å². The van der Waals surface area contributed by atoms with Crippen LogP contribution in [0.2, 0.25) is 0 Å². The van der Waals surface area contributed by atoms with Gasteiger partial charge in [0.05, 0.1) is 17.9 Å². The van der Waals surface area contributed by atoms with Gasteiger partial charge in [-0.15, -0.1) is 0 Å². The summed E-state index contributed by atoms with van der Waals surface area (Å²) >= 11 is 5.22. The van der Waals surface area contributed by atoms with Crippen molar-refractivity contribution in [3.8, 4) is 11.4 Å². The normalized spacial score (nSPS) is 14.9. The molecule has 1 aliphatic rings. The molecular formula is C26H23N3O5S. The average molecular weight is 490 g/mol. The SMILES string of the molecule is CCOc1ccc(-n2c(C)cc(C=C3C(=O)NC(=S)N(c4cccc(C(=O)O)c4)C3=O)c2C)cc1. The second kappa shape index (κ2) is 9.55. The highest BCUT2D eigenvalue weighted by atomic mass is 32.1. The van der Waals surface area contributed by atoms with E-state index in [2.05, 4.69) is 5.32 Å². The molecule has 0 radical (unpaired) electrons. The molecule has 1 aliphatic heterocycles. The van der Waals surface area contributed by atoms with Crippen molar-refractivity contribution in [1.29, 1.82) is 0 Å². The van der Waals surface area contributed by atoms with E-state index < -0.39 is 17.8 Å². The lowest BCUT2D eigenvalue weighted by molar-refractivity contribution is -0.122. The maximum absolute atomic E-state index is 13.3. The summed E-state index contributed by atoms with van der Waals surface area (Å²) in [5.74, 6) is -1.61. The molecule has 2 heterocycles. The molecule has 4 rings (SSSR count). The number of carbonyl (C=O) groups excluding carboxylic acids is 2. The van der Waals surface area contributed by atoms with Crippen molar-refractivity contribution in [2.45, 2.75) is 20.8 Å². The maximum Gasteiger partial charge on any atom is 0.335 e. The lowest BCUT2D eigenvalue weighted by Gasteiger charge is -2.29. The third-order valence-corrected chi connectivity index (χ3v) is 5.91. The van der Waals surface area contributed by atoms with Gasteiger partial charge in [-0.05, 0) is 93.2 Å². The molecule has 1 saturated heterocycles. The minimum Gasteiger partial charge on any atom is -0.494 e. The van der Waals surface area contributed by atoms with E-state index >= 15 is 0 Å². The zero-order valence-electron chi connectivity index (χ0n) is 19.4. The van der Waals surface area contributed by atoms with E-state index in [4.69, 9.17) is 17.0 Å². The molecule has 2 aromatic carbocycles. The van der Waals surface area contributed by atoms with Crippen LogP contribution in [-0.4, -0.2) is 39.2 Å². The Bertz CT molecular complexity index is 1390. The van der Waals surface area contributed by atoms with Crippen LogP contribution in [0.25, 0.3) is 11.8 Å². The van der Waals surface area contributed by atoms with E-state index in [1.54, 1.807) is 6.07 Å². The summed E-state index contributed by atoms with van der Waals surface area (Å²) in [5, 5.41) is 11.7. The molecule has 8 nitrogen and oxygen atoms in total. The predicted molar refractivity (Wildman–Crippen MR) is 136 cm³/mol. The summed E-state index contributed by atoms with van der Waals surface area (Å²) in [7, 11) is 0. The van der Waals surface area contributed by atoms with Gasteiger partial charge in [-0.25, -0.2) is 4.79 Å². The smallest absolute Gasteiger partial charge is 0.335 e. The molecule has 0 saturated carbocycles. The molecule has 0 unspecified atom stereocenters. The Labute approximate surface area is 207 Å². The maximum atomic E-state index is 13.3. The molecule has 0 spiro atoms. The van der Waals surface area contributed by atoms with E-state index in [0.717, 1.165) is 27.7 Å². The van der Waals surface area contributed by atoms with Gasteiger partial charge < -0.3 is 14.4 Å². The highest BCUT2D eigenvalue weighted by Crippen LogP contribution is 2.27. The molecule has 178 valence electrons. The number of amides is 2. The largest absolute Gasteiger partial charge is 0.494 e. The van der Waals surface area contributed by atoms with Crippen molar-refractivity contribution < 1.29 is 24.2 Å². The minimum absolute atomic E-state index is 0.000527. The molecule has 0 aliphatic carbocycles. The van der Waals surface area contributed by atoms with E-state index in [0.29, 0.717) is 12.2 Å². The predicted octanol–water partition coefficient (Wildman–Crippen LogP) is 4.02. The van der Waals surface area contributed by atoms with E-state index in [9.17, 15) is 19.5 Å². The lowest BCUT2D eigenvalue weighted by atomic mass is 10.1. The molecule has 9 heteroatoms. The fourth-order valence-corrected chi connectivity index (χ4v) is 4.30. The van der Waals surface area contributed by atoms with E-state index in [-0.39, 0.29) is 21.9 Å². The number of carbonyl (C=O) groups is 3. The number of ether oxygens (including phenoxy) is 1. The number of aromatic carboxylic acids is 1. The molecular weight excluding hydrogens is 466 g/mol. The first-order valence-corrected chi connectivity index (χ1v) is 11.3. The van der Waals surface area contributed by atoms with Crippen molar-refractivity contribution in [3.05, 3.63) is 82.7 Å². The Hall–Kier alpha value is -4.24. The summed E-state index contributed by atoms with van der Waals surface area (Å²) < 4.78 is 7.53. The number of hydrogen-bond donors (Lipinski definition) is 2. The first-order chi connectivity index (χ1) is 16.7. The Morgan fingerprint density at radius 1 is 1.09 bits per heavy atom. The Balaban J connectivity index is 1.72. The van der Waals surface area contributed by atoms with E-state index in [1.807, 2.05) is 55.7 Å². The molecule has 0 bridgehead atoms. The second-order valence-corrected chi connectivity index (χ2v) is 8.29. The number of rotatable bonds is 6. The molecule has 35 heavy (non-hydrogen) atoms. The molecule has 2 N–H and O–H groups in total. The van der Waals surface area contributed by atoms with Crippen molar-refractivity contribution in [1.82, 2.24) is 9.88 Å². The van der Waals surface area contributed by atoms with Crippen LogP contribution in [0.5, 0.6) is 5.75 Å². The first kappa shape index (κ1) is 23.9. The third kappa shape index (κ3) is 4.58. The number of carboxylic acids is 1. The number of hydrogen-bond acceptors (Lipinski definition) is 5. The van der Waals surface area contributed by atoms with Gasteiger partial charge in [0, 0.05) is 17.1 Å². The van der Waals surface area contributed by atoms with Gasteiger partial charge in [0.15, 0.2) is 5.11 Å². The first-order valence-electron chi connectivity index (χ1n) is 10.9. The van der Waals surface area contributed by atoms with Gasteiger partial charge >= 0.3 is 5.97 Å². The minimum atomic E-state index is -1.14. The fourth-order valence-electron chi connectivity index (χ4n) is 4.01. The quantitative estimate of drug-likeness (QED) is 0.308. The van der Waals surface area contributed by atoms with Gasteiger partial charge in [-0.3, -0.25) is 19.8 Å². The van der Waals surface area contributed by atoms with Crippen LogP contribution in [0.1, 0.15) is 34.2 Å². The average Bonchev–Trinajstić information content (AvgIpc) is 3.10. The number of carboxylic acid groups (broad SMARTS) is 1. The highest BCUT2D eigenvalue weighted by molar-refractivity contribution is 7.80. The number of thiocarbonyl (C=S) groups is 1. The monoisotopic (exact) mass is 489 g/mol. The standard InChI is InChI=1S/C26H23N3O5S/c1-4-34-21-10-8-19(9-11-21)28-15(2)12-18(16(28)3)14-22-23(30)27-26(35)29(24(22)31)20-7-5-6-17(13-20)25(32)33/h5-14H,4H2,1-3H3,(H,32,33)(H,27,30,35). The third-order valence-electron chi connectivity index (χ3n) is 5.63. The van der Waals surface area contributed by atoms with Crippen LogP contribution in [-0.2, 0) is 9.59 Å². The second-order valence-electron chi connectivity index (χ2n) is 7.90. The summed E-state index contributed by atoms with van der Waals surface area (Å²) in [6.07, 6.45) is 1.53. The number of nitrogens with one attached hydrogen (secondary N) is 1. The van der Waals surface area contributed by atoms with Gasteiger partial charge in [0.2, 0.25) is 0 Å². The lowest BCUT2D eigenvalue weighted by Crippen LogP contribution is -2.54. The van der Waals surface area contributed by atoms with Crippen molar-refractivity contribution >= 4 is 46.9 Å². The Morgan fingerprint density at radius 3 is 2.46 bits per heavy atom. The zero-order valence-corrected chi connectivity index (χ0v) is 20.2. The van der Waals surface area contributed by atoms with Crippen LogP contribution in [0, 0.1) is 13.8 Å². The van der Waals surface area contributed by atoms with Crippen LogP contribution in [0.15, 0.2) is 60.2 Å². The summed E-state index contributed by atoms with van der Waals surface area (Å²) in [5.41, 5.74) is 3.52. The number of aryl methyl sites for hydroxylation is 1. The van der Waals surface area contributed by atoms with Crippen LogP contribution in [0.4, 0.5) is 5.69 Å². The fraction of sp³-hybridized carbons (Fsp3) is 0.154. The van der Waals surface area contributed by atoms with Crippen molar-refractivity contribution in [3.63, 3.8) is 0 Å². The van der Waals surface area contributed by atoms with Gasteiger partial charge in [0.25, 0.3) is 11.8 Å². The topological polar surface area (TPSA) is 101 Å². The van der Waals surface area contributed by atoms with Crippen LogP contribution >= 0.6 is 12.2 Å². The number of benzene rings is 2. The highest BCUT2D eigenvalue weighted by Gasteiger charge is 2.35. The number of anilines is 1. The molecule has 0 atom stereocenters. The van der Waals surface area contributed by atoms with Gasteiger partial charge in [-0.1, -0.05) is 6.07 Å². The van der Waals surface area contributed by atoms with E-state index in [1.165, 1.54) is 24.3 Å². The van der Waals surface area contributed by atoms with Crippen molar-refractivity contribution in [2.75, 3.05) is 11.5 Å². The molecule has 2 amide bonds. The zero-order chi connectivity index (χ0) is 25.3.